The molecule has 15 heavy (non-hydrogen) atoms. The van der Waals surface area contributed by atoms with Crippen molar-refractivity contribution < 1.29 is 4.74 Å². The van der Waals surface area contributed by atoms with Gasteiger partial charge in [-0.25, -0.2) is 0 Å². The Balaban J connectivity index is 1.84. The smallest absolute Gasteiger partial charge is 0.0494 e. The highest BCUT2D eigenvalue weighted by Crippen LogP contribution is 2.24. The molecule has 0 atom stereocenters. The quantitative estimate of drug-likeness (QED) is 0.685. The summed E-state index contributed by atoms with van der Waals surface area (Å²) in [6.45, 7) is 9.58. The normalized spacial score (nSPS) is 18.6. The highest BCUT2D eigenvalue weighted by atomic mass is 16.5. The molecule has 1 fully saturated rings. The zero-order valence-corrected chi connectivity index (χ0v) is 10.6. The van der Waals surface area contributed by atoms with Crippen LogP contribution in [0.15, 0.2) is 0 Å². The molecule has 0 heterocycles. The van der Waals surface area contributed by atoms with E-state index in [0.29, 0.717) is 0 Å². The van der Waals surface area contributed by atoms with Gasteiger partial charge in [0.25, 0.3) is 0 Å². The molecule has 0 aromatic heterocycles. The van der Waals surface area contributed by atoms with E-state index in [0.717, 1.165) is 32.1 Å². The van der Waals surface area contributed by atoms with Crippen LogP contribution in [0.3, 0.4) is 0 Å². The van der Waals surface area contributed by atoms with Crippen molar-refractivity contribution in [3.8, 4) is 0 Å². The molecule has 0 saturated heterocycles. The van der Waals surface area contributed by atoms with Crippen LogP contribution in [0.25, 0.3) is 0 Å². The van der Waals surface area contributed by atoms with E-state index in [9.17, 15) is 0 Å². The summed E-state index contributed by atoms with van der Waals surface area (Å²) in [6.07, 6.45) is 6.74. The third kappa shape index (κ3) is 6.91. The molecule has 0 aromatic rings. The van der Waals surface area contributed by atoms with Crippen LogP contribution in [0, 0.1) is 5.92 Å². The first kappa shape index (κ1) is 13.0. The topological polar surface area (TPSA) is 21.3 Å². The van der Waals surface area contributed by atoms with Crippen LogP contribution >= 0.6 is 0 Å². The van der Waals surface area contributed by atoms with E-state index in [4.69, 9.17) is 4.74 Å². The van der Waals surface area contributed by atoms with Crippen LogP contribution < -0.4 is 5.32 Å². The summed E-state index contributed by atoms with van der Waals surface area (Å²) >= 11 is 0. The molecule has 0 unspecified atom stereocenters. The van der Waals surface area contributed by atoms with Gasteiger partial charge in [0.05, 0.1) is 0 Å². The first-order valence-electron chi connectivity index (χ1n) is 6.41. The summed E-state index contributed by atoms with van der Waals surface area (Å²) < 4.78 is 5.69. The maximum Gasteiger partial charge on any atom is 0.0494 e. The Kier molecular flexibility index (Phi) is 5.62. The maximum atomic E-state index is 5.69. The first-order valence-corrected chi connectivity index (χ1v) is 6.41. The highest BCUT2D eigenvalue weighted by molar-refractivity contribution is 4.69. The van der Waals surface area contributed by atoms with Gasteiger partial charge in [-0.1, -0.05) is 12.8 Å². The Hall–Kier alpha value is -0.0800. The van der Waals surface area contributed by atoms with E-state index in [2.05, 4.69) is 26.1 Å². The minimum Gasteiger partial charge on any atom is -0.381 e. The monoisotopic (exact) mass is 213 g/mol. The summed E-state index contributed by atoms with van der Waals surface area (Å²) in [6, 6.07) is 0. The second-order valence-corrected chi connectivity index (χ2v) is 5.76. The van der Waals surface area contributed by atoms with Gasteiger partial charge in [0, 0.05) is 18.8 Å². The molecule has 1 aliphatic rings. The number of nitrogens with one attached hydrogen (secondary N) is 1. The molecule has 2 heteroatoms. The van der Waals surface area contributed by atoms with E-state index in [1.807, 2.05) is 0 Å². The maximum absolute atomic E-state index is 5.69. The Morgan fingerprint density at radius 3 is 2.47 bits per heavy atom. The third-order valence-electron chi connectivity index (χ3n) is 2.95. The van der Waals surface area contributed by atoms with E-state index in [1.54, 1.807) is 0 Å². The lowest BCUT2D eigenvalue weighted by atomic mass is 10.1. The van der Waals surface area contributed by atoms with E-state index in [1.165, 1.54) is 25.7 Å². The predicted octanol–water partition coefficient (Wildman–Crippen LogP) is 2.97. The van der Waals surface area contributed by atoms with Gasteiger partial charge in [0.2, 0.25) is 0 Å². The highest BCUT2D eigenvalue weighted by Gasteiger charge is 2.14. The summed E-state index contributed by atoms with van der Waals surface area (Å²) in [5.41, 5.74) is 0.242. The van der Waals surface area contributed by atoms with Crippen LogP contribution in [-0.4, -0.2) is 25.3 Å². The van der Waals surface area contributed by atoms with Gasteiger partial charge >= 0.3 is 0 Å². The number of hydrogen-bond acceptors (Lipinski definition) is 2. The fourth-order valence-electron chi connectivity index (χ4n) is 2.06. The lowest BCUT2D eigenvalue weighted by molar-refractivity contribution is 0.0983. The van der Waals surface area contributed by atoms with Crippen molar-refractivity contribution in [2.45, 2.75) is 58.4 Å². The van der Waals surface area contributed by atoms with Crippen LogP contribution in [0.5, 0.6) is 0 Å². The molecule has 1 aliphatic carbocycles. The Morgan fingerprint density at radius 2 is 1.87 bits per heavy atom. The predicted molar refractivity (Wildman–Crippen MR) is 65.1 cm³/mol. The van der Waals surface area contributed by atoms with Gasteiger partial charge in [-0.05, 0) is 52.5 Å². The molecule has 0 aromatic carbocycles. The SMILES string of the molecule is CC(C)(C)NCCCOCC1CCCC1. The molecule has 1 N–H and O–H groups in total. The largest absolute Gasteiger partial charge is 0.381 e. The van der Waals surface area contributed by atoms with Gasteiger partial charge < -0.3 is 10.1 Å². The second kappa shape index (κ2) is 6.49. The molecular weight excluding hydrogens is 186 g/mol. The fourth-order valence-corrected chi connectivity index (χ4v) is 2.06. The summed E-state index contributed by atoms with van der Waals surface area (Å²) in [5.74, 6) is 0.862. The van der Waals surface area contributed by atoms with E-state index in [-0.39, 0.29) is 5.54 Å². The molecule has 2 nitrogen and oxygen atoms in total. The average Bonchev–Trinajstić information content (AvgIpc) is 2.61. The van der Waals surface area contributed by atoms with Crippen LogP contribution in [-0.2, 0) is 4.74 Å². The summed E-state index contributed by atoms with van der Waals surface area (Å²) in [5, 5.41) is 3.47. The molecule has 0 bridgehead atoms. The number of ether oxygens (including phenoxy) is 1. The molecule has 0 radical (unpaired) electrons. The van der Waals surface area contributed by atoms with Gasteiger partial charge in [-0.2, -0.15) is 0 Å². The Bertz CT molecular complexity index is 156. The molecule has 0 aliphatic heterocycles. The lowest BCUT2D eigenvalue weighted by Crippen LogP contribution is -2.36. The standard InChI is InChI=1S/C13H27NO/c1-13(2,3)14-9-6-10-15-11-12-7-4-5-8-12/h12,14H,4-11H2,1-3H3. The zero-order chi connectivity index (χ0) is 11.1. The fraction of sp³-hybridized carbons (Fsp3) is 1.00. The number of rotatable bonds is 6. The minimum atomic E-state index is 0.242. The van der Waals surface area contributed by atoms with Gasteiger partial charge in [-0.3, -0.25) is 0 Å². The Morgan fingerprint density at radius 1 is 1.20 bits per heavy atom. The minimum absolute atomic E-state index is 0.242. The molecule has 1 rings (SSSR count). The molecule has 0 spiro atoms. The number of hydrogen-bond donors (Lipinski definition) is 1. The average molecular weight is 213 g/mol. The van der Waals surface area contributed by atoms with Gasteiger partial charge in [-0.15, -0.1) is 0 Å². The first-order chi connectivity index (χ1) is 7.08. The van der Waals surface area contributed by atoms with Crippen molar-refractivity contribution in [1.29, 1.82) is 0 Å². The van der Waals surface area contributed by atoms with Crippen molar-refractivity contribution in [1.82, 2.24) is 5.32 Å². The molecular formula is C13H27NO. The van der Waals surface area contributed by atoms with Crippen molar-refractivity contribution in [2.75, 3.05) is 19.8 Å². The van der Waals surface area contributed by atoms with Crippen molar-refractivity contribution in [3.05, 3.63) is 0 Å². The van der Waals surface area contributed by atoms with Crippen LogP contribution in [0.4, 0.5) is 0 Å². The van der Waals surface area contributed by atoms with Crippen LogP contribution in [0.2, 0.25) is 0 Å². The lowest BCUT2D eigenvalue weighted by Gasteiger charge is -2.20. The molecule has 0 amide bonds. The van der Waals surface area contributed by atoms with Crippen LogP contribution in [0.1, 0.15) is 52.9 Å². The Labute approximate surface area is 94.8 Å². The van der Waals surface area contributed by atoms with Gasteiger partial charge in [0.1, 0.15) is 0 Å². The van der Waals surface area contributed by atoms with Gasteiger partial charge in [0.15, 0.2) is 0 Å². The molecule has 90 valence electrons. The zero-order valence-electron chi connectivity index (χ0n) is 10.6. The summed E-state index contributed by atoms with van der Waals surface area (Å²) in [4.78, 5) is 0. The summed E-state index contributed by atoms with van der Waals surface area (Å²) in [7, 11) is 0. The van der Waals surface area contributed by atoms with Crippen molar-refractivity contribution in [3.63, 3.8) is 0 Å². The second-order valence-electron chi connectivity index (χ2n) is 5.76. The third-order valence-corrected chi connectivity index (χ3v) is 2.95. The molecule has 1 saturated carbocycles. The van der Waals surface area contributed by atoms with Crippen molar-refractivity contribution in [2.24, 2.45) is 5.92 Å². The van der Waals surface area contributed by atoms with E-state index >= 15 is 0 Å². The van der Waals surface area contributed by atoms with E-state index < -0.39 is 0 Å². The van der Waals surface area contributed by atoms with Crippen molar-refractivity contribution >= 4 is 0 Å².